The van der Waals surface area contributed by atoms with Crippen molar-refractivity contribution < 1.29 is 9.18 Å². The number of benzene rings is 1. The molecule has 19 heavy (non-hydrogen) atoms. The number of rotatable bonds is 3. The summed E-state index contributed by atoms with van der Waals surface area (Å²) in [7, 11) is 0. The molecular weight excluding hydrogens is 265 g/mol. The second-order valence-electron chi connectivity index (χ2n) is 5.69. The van der Waals surface area contributed by atoms with Crippen LogP contribution in [0.3, 0.4) is 0 Å². The van der Waals surface area contributed by atoms with Crippen molar-refractivity contribution in [2.45, 2.75) is 44.6 Å². The maximum atomic E-state index is 13.2. The molecule has 0 aliphatic heterocycles. The monoisotopic (exact) mass is 283 g/mol. The summed E-state index contributed by atoms with van der Waals surface area (Å²) in [6.45, 7) is 2.11. The molecule has 1 aliphatic carbocycles. The van der Waals surface area contributed by atoms with Crippen LogP contribution in [0.5, 0.6) is 0 Å². The number of carbonyl (C=O) groups is 1. The molecule has 0 bridgehead atoms. The molecule has 0 amide bonds. The number of carbonyl (C=O) groups excluding carboxylic acids is 1. The van der Waals surface area contributed by atoms with Gasteiger partial charge in [-0.1, -0.05) is 31.4 Å². The highest BCUT2D eigenvalue weighted by molar-refractivity contribution is 6.31. The summed E-state index contributed by atoms with van der Waals surface area (Å²) in [5.41, 5.74) is 5.99. The van der Waals surface area contributed by atoms with E-state index in [9.17, 15) is 9.18 Å². The fourth-order valence-corrected chi connectivity index (χ4v) is 3.06. The molecule has 1 aromatic carbocycles. The van der Waals surface area contributed by atoms with Crippen LogP contribution in [0, 0.1) is 11.7 Å². The lowest BCUT2D eigenvalue weighted by Crippen LogP contribution is -2.51. The Morgan fingerprint density at radius 3 is 3.00 bits per heavy atom. The lowest BCUT2D eigenvalue weighted by Gasteiger charge is -2.35. The minimum absolute atomic E-state index is 0.0356. The van der Waals surface area contributed by atoms with E-state index < -0.39 is 5.54 Å². The van der Waals surface area contributed by atoms with Crippen LogP contribution in [0.4, 0.5) is 4.39 Å². The lowest BCUT2D eigenvalue weighted by atomic mass is 9.73. The van der Waals surface area contributed by atoms with Crippen molar-refractivity contribution >= 4 is 17.4 Å². The maximum Gasteiger partial charge on any atom is 0.157 e. The van der Waals surface area contributed by atoms with Gasteiger partial charge in [0, 0.05) is 11.4 Å². The second kappa shape index (κ2) is 5.59. The summed E-state index contributed by atoms with van der Waals surface area (Å²) in [5, 5.41) is 0.419. The molecule has 2 rings (SSSR count). The third-order valence-corrected chi connectivity index (χ3v) is 4.32. The maximum absolute atomic E-state index is 13.2. The largest absolute Gasteiger partial charge is 0.319 e. The van der Waals surface area contributed by atoms with Crippen molar-refractivity contribution in [1.82, 2.24) is 0 Å². The SMILES string of the molecule is CC1CCCC(N)(C(=O)Cc2cc(F)ccc2Cl)C1. The van der Waals surface area contributed by atoms with Gasteiger partial charge in [0.2, 0.25) is 0 Å². The van der Waals surface area contributed by atoms with Crippen molar-refractivity contribution in [2.24, 2.45) is 11.7 Å². The van der Waals surface area contributed by atoms with Crippen molar-refractivity contribution in [2.75, 3.05) is 0 Å². The van der Waals surface area contributed by atoms with Crippen LogP contribution in [0.2, 0.25) is 5.02 Å². The van der Waals surface area contributed by atoms with E-state index in [1.54, 1.807) is 0 Å². The molecule has 0 radical (unpaired) electrons. The molecule has 0 spiro atoms. The van der Waals surface area contributed by atoms with Gasteiger partial charge >= 0.3 is 0 Å². The van der Waals surface area contributed by atoms with Gasteiger partial charge in [0.15, 0.2) is 5.78 Å². The first-order valence-corrected chi connectivity index (χ1v) is 7.04. The molecule has 2 atom stereocenters. The Labute approximate surface area is 118 Å². The molecular formula is C15H19ClFNO. The number of hydrogen-bond acceptors (Lipinski definition) is 2. The van der Waals surface area contributed by atoms with Crippen molar-refractivity contribution in [3.63, 3.8) is 0 Å². The summed E-state index contributed by atoms with van der Waals surface area (Å²) in [5.74, 6) is 0.0486. The molecule has 4 heteroatoms. The fourth-order valence-electron chi connectivity index (χ4n) is 2.87. The molecule has 2 nitrogen and oxygen atoms in total. The summed E-state index contributed by atoms with van der Waals surface area (Å²) in [4.78, 5) is 12.4. The van der Waals surface area contributed by atoms with Gasteiger partial charge < -0.3 is 5.73 Å². The van der Waals surface area contributed by atoms with Crippen LogP contribution in [0.15, 0.2) is 18.2 Å². The molecule has 0 aromatic heterocycles. The minimum atomic E-state index is -0.771. The van der Waals surface area contributed by atoms with Gasteiger partial charge in [-0.15, -0.1) is 0 Å². The van der Waals surface area contributed by atoms with E-state index in [0.717, 1.165) is 12.8 Å². The van der Waals surface area contributed by atoms with Crippen molar-refractivity contribution in [1.29, 1.82) is 0 Å². The third kappa shape index (κ3) is 3.34. The predicted molar refractivity (Wildman–Crippen MR) is 74.7 cm³/mol. The Bertz CT molecular complexity index is 491. The van der Waals surface area contributed by atoms with Crippen LogP contribution in [0.1, 0.15) is 38.2 Å². The molecule has 1 aliphatic rings. The van der Waals surface area contributed by atoms with Crippen LogP contribution < -0.4 is 5.73 Å². The highest BCUT2D eigenvalue weighted by Gasteiger charge is 2.37. The molecule has 1 saturated carbocycles. The molecule has 1 fully saturated rings. The lowest BCUT2D eigenvalue weighted by molar-refractivity contribution is -0.125. The standard InChI is InChI=1S/C15H19ClFNO/c1-10-3-2-6-15(18,9-10)14(19)8-11-7-12(17)4-5-13(11)16/h4-5,7,10H,2-3,6,8-9,18H2,1H3. The summed E-state index contributed by atoms with van der Waals surface area (Å²) in [6, 6.07) is 4.08. The van der Waals surface area contributed by atoms with Crippen LogP contribution >= 0.6 is 11.6 Å². The minimum Gasteiger partial charge on any atom is -0.319 e. The normalized spacial score (nSPS) is 27.3. The molecule has 104 valence electrons. The van der Waals surface area contributed by atoms with Gasteiger partial charge in [-0.3, -0.25) is 4.79 Å². The van der Waals surface area contributed by atoms with Crippen molar-refractivity contribution in [3.8, 4) is 0 Å². The number of halogens is 2. The molecule has 1 aromatic rings. The number of Topliss-reactive ketones (excluding diaryl/α,β-unsaturated/α-hetero) is 1. The van der Waals surface area contributed by atoms with E-state index in [1.807, 2.05) is 0 Å². The zero-order valence-corrected chi connectivity index (χ0v) is 11.8. The van der Waals surface area contributed by atoms with Gasteiger partial charge in [-0.2, -0.15) is 0 Å². The molecule has 2 N–H and O–H groups in total. The molecule has 2 unspecified atom stereocenters. The Morgan fingerprint density at radius 2 is 2.32 bits per heavy atom. The van der Waals surface area contributed by atoms with Gasteiger partial charge in [0.1, 0.15) is 5.82 Å². The average molecular weight is 284 g/mol. The Morgan fingerprint density at radius 1 is 1.58 bits per heavy atom. The zero-order chi connectivity index (χ0) is 14.0. The average Bonchev–Trinajstić information content (AvgIpc) is 2.33. The molecule has 0 saturated heterocycles. The summed E-state index contributed by atoms with van der Waals surface area (Å²) < 4.78 is 13.2. The highest BCUT2D eigenvalue weighted by atomic mass is 35.5. The smallest absolute Gasteiger partial charge is 0.157 e. The van der Waals surface area contributed by atoms with E-state index in [0.29, 0.717) is 29.3 Å². The molecule has 0 heterocycles. The topological polar surface area (TPSA) is 43.1 Å². The second-order valence-corrected chi connectivity index (χ2v) is 6.10. The van der Waals surface area contributed by atoms with Crippen LogP contribution in [-0.4, -0.2) is 11.3 Å². The third-order valence-electron chi connectivity index (χ3n) is 3.95. The van der Waals surface area contributed by atoms with E-state index in [-0.39, 0.29) is 18.0 Å². The van der Waals surface area contributed by atoms with E-state index in [4.69, 9.17) is 17.3 Å². The van der Waals surface area contributed by atoms with Gasteiger partial charge in [0.05, 0.1) is 5.54 Å². The Kier molecular flexibility index (Phi) is 4.26. The van der Waals surface area contributed by atoms with Gasteiger partial charge in [-0.05, 0) is 42.5 Å². The van der Waals surface area contributed by atoms with Crippen molar-refractivity contribution in [3.05, 3.63) is 34.6 Å². The number of hydrogen-bond donors (Lipinski definition) is 1. The summed E-state index contributed by atoms with van der Waals surface area (Å²) in [6.07, 6.45) is 3.62. The van der Waals surface area contributed by atoms with Crippen LogP contribution in [0.25, 0.3) is 0 Å². The first-order chi connectivity index (χ1) is 8.90. The van der Waals surface area contributed by atoms with E-state index in [2.05, 4.69) is 6.92 Å². The first kappa shape index (κ1) is 14.5. The van der Waals surface area contributed by atoms with Gasteiger partial charge in [-0.25, -0.2) is 4.39 Å². The summed E-state index contributed by atoms with van der Waals surface area (Å²) >= 11 is 5.99. The Balaban J connectivity index is 2.14. The van der Waals surface area contributed by atoms with E-state index >= 15 is 0 Å². The number of ketones is 1. The first-order valence-electron chi connectivity index (χ1n) is 6.67. The Hall–Kier alpha value is -0.930. The number of nitrogens with two attached hydrogens (primary N) is 1. The van der Waals surface area contributed by atoms with Crippen LogP contribution in [-0.2, 0) is 11.2 Å². The quantitative estimate of drug-likeness (QED) is 0.923. The fraction of sp³-hybridized carbons (Fsp3) is 0.533. The predicted octanol–water partition coefficient (Wildman–Crippen LogP) is 3.50. The van der Waals surface area contributed by atoms with Gasteiger partial charge in [0.25, 0.3) is 0 Å². The zero-order valence-electron chi connectivity index (χ0n) is 11.1. The highest BCUT2D eigenvalue weighted by Crippen LogP contribution is 2.32. The van der Waals surface area contributed by atoms with E-state index in [1.165, 1.54) is 18.2 Å².